The van der Waals surface area contributed by atoms with Crippen molar-refractivity contribution in [3.8, 4) is 0 Å². The average Bonchev–Trinajstić information content (AvgIpc) is 2.36. The van der Waals surface area contributed by atoms with Gasteiger partial charge >= 0.3 is 0 Å². The van der Waals surface area contributed by atoms with Crippen LogP contribution in [-0.4, -0.2) is 23.9 Å². The lowest BCUT2D eigenvalue weighted by Gasteiger charge is -2.21. The maximum absolute atomic E-state index is 12.1. The second-order valence-corrected chi connectivity index (χ2v) is 4.49. The van der Waals surface area contributed by atoms with Gasteiger partial charge < -0.3 is 10.6 Å². The van der Waals surface area contributed by atoms with Gasteiger partial charge in [-0.05, 0) is 30.5 Å². The van der Waals surface area contributed by atoms with Crippen molar-refractivity contribution in [2.24, 2.45) is 0 Å². The summed E-state index contributed by atoms with van der Waals surface area (Å²) in [5, 5.41) is 0. The molecule has 1 unspecified atom stereocenters. The molecule has 1 aromatic carbocycles. The van der Waals surface area contributed by atoms with Crippen molar-refractivity contribution >= 4 is 11.6 Å². The predicted molar refractivity (Wildman–Crippen MR) is 76.3 cm³/mol. The van der Waals surface area contributed by atoms with E-state index in [2.05, 4.69) is 13.5 Å². The number of nitrogens with zero attached hydrogens (tertiary/aromatic N) is 1. The molecule has 0 heterocycles. The number of benzene rings is 1. The Morgan fingerprint density at radius 3 is 2.56 bits per heavy atom. The Kier molecular flexibility index (Phi) is 5.43. The molecule has 0 bridgehead atoms. The van der Waals surface area contributed by atoms with Crippen LogP contribution in [0.15, 0.2) is 36.9 Å². The maximum atomic E-state index is 12.1. The lowest BCUT2D eigenvalue weighted by Crippen LogP contribution is -2.31. The highest BCUT2D eigenvalue weighted by Gasteiger charge is 2.15. The molecule has 0 fully saturated rings. The van der Waals surface area contributed by atoms with Crippen molar-refractivity contribution < 1.29 is 4.79 Å². The summed E-state index contributed by atoms with van der Waals surface area (Å²) in [4.78, 5) is 13.9. The largest absolute Gasteiger partial charge is 0.399 e. The van der Waals surface area contributed by atoms with Crippen LogP contribution in [0.4, 0.5) is 5.69 Å². The van der Waals surface area contributed by atoms with Crippen LogP contribution in [0.25, 0.3) is 0 Å². The van der Waals surface area contributed by atoms with Gasteiger partial charge in [0.2, 0.25) is 5.91 Å². The molecule has 0 aliphatic heterocycles. The SMILES string of the molecule is C=CCN(CC)C(=O)CC(C)c1ccc(N)cc1. The van der Waals surface area contributed by atoms with E-state index in [0.717, 1.165) is 17.8 Å². The Hall–Kier alpha value is -1.77. The minimum Gasteiger partial charge on any atom is -0.399 e. The molecule has 2 N–H and O–H groups in total. The zero-order chi connectivity index (χ0) is 13.5. The van der Waals surface area contributed by atoms with Crippen molar-refractivity contribution in [1.82, 2.24) is 4.90 Å². The summed E-state index contributed by atoms with van der Waals surface area (Å²) >= 11 is 0. The van der Waals surface area contributed by atoms with E-state index in [1.54, 1.807) is 11.0 Å². The quantitative estimate of drug-likeness (QED) is 0.619. The molecule has 1 amide bonds. The first-order chi connectivity index (χ1) is 8.58. The van der Waals surface area contributed by atoms with Crippen molar-refractivity contribution in [2.75, 3.05) is 18.8 Å². The van der Waals surface area contributed by atoms with Crippen molar-refractivity contribution in [3.63, 3.8) is 0 Å². The van der Waals surface area contributed by atoms with Gasteiger partial charge in [-0.1, -0.05) is 25.1 Å². The molecule has 3 nitrogen and oxygen atoms in total. The molecule has 0 aliphatic rings. The highest BCUT2D eigenvalue weighted by molar-refractivity contribution is 5.77. The molecule has 1 atom stereocenters. The third-order valence-corrected chi connectivity index (χ3v) is 3.07. The molecule has 0 spiro atoms. The molecule has 0 saturated heterocycles. The molecule has 0 aromatic heterocycles. The fourth-order valence-electron chi connectivity index (χ4n) is 1.90. The predicted octanol–water partition coefficient (Wildman–Crippen LogP) is 2.80. The molecule has 0 radical (unpaired) electrons. The molecule has 1 rings (SSSR count). The van der Waals surface area contributed by atoms with Crippen molar-refractivity contribution in [3.05, 3.63) is 42.5 Å². The lowest BCUT2D eigenvalue weighted by atomic mass is 9.97. The first-order valence-electron chi connectivity index (χ1n) is 6.32. The second-order valence-electron chi connectivity index (χ2n) is 4.49. The Morgan fingerprint density at radius 2 is 2.06 bits per heavy atom. The van der Waals surface area contributed by atoms with Gasteiger partial charge in [0.25, 0.3) is 0 Å². The van der Waals surface area contributed by atoms with Gasteiger partial charge in [-0.15, -0.1) is 6.58 Å². The molecule has 1 aromatic rings. The number of rotatable bonds is 6. The van der Waals surface area contributed by atoms with Crippen LogP contribution in [0, 0.1) is 0 Å². The highest BCUT2D eigenvalue weighted by Crippen LogP contribution is 2.21. The summed E-state index contributed by atoms with van der Waals surface area (Å²) in [6, 6.07) is 7.71. The topological polar surface area (TPSA) is 46.3 Å². The van der Waals surface area contributed by atoms with E-state index >= 15 is 0 Å². The zero-order valence-electron chi connectivity index (χ0n) is 11.2. The molecular weight excluding hydrogens is 224 g/mol. The highest BCUT2D eigenvalue weighted by atomic mass is 16.2. The second kappa shape index (κ2) is 6.84. The zero-order valence-corrected chi connectivity index (χ0v) is 11.2. The third kappa shape index (κ3) is 3.91. The number of amides is 1. The Bertz CT molecular complexity index is 397. The Balaban J connectivity index is 2.63. The van der Waals surface area contributed by atoms with E-state index < -0.39 is 0 Å². The lowest BCUT2D eigenvalue weighted by molar-refractivity contribution is -0.130. The van der Waals surface area contributed by atoms with E-state index in [4.69, 9.17) is 5.73 Å². The number of carbonyl (C=O) groups is 1. The van der Waals surface area contributed by atoms with Crippen LogP contribution in [0.3, 0.4) is 0 Å². The van der Waals surface area contributed by atoms with Crippen molar-refractivity contribution in [1.29, 1.82) is 0 Å². The monoisotopic (exact) mass is 246 g/mol. The smallest absolute Gasteiger partial charge is 0.223 e. The van der Waals surface area contributed by atoms with Crippen LogP contribution >= 0.6 is 0 Å². The van der Waals surface area contributed by atoms with Gasteiger partial charge in [0.05, 0.1) is 0 Å². The molecule has 98 valence electrons. The van der Waals surface area contributed by atoms with E-state index in [1.807, 2.05) is 31.2 Å². The number of anilines is 1. The number of carbonyl (C=O) groups excluding carboxylic acids is 1. The summed E-state index contributed by atoms with van der Waals surface area (Å²) in [7, 11) is 0. The molecule has 3 heteroatoms. The third-order valence-electron chi connectivity index (χ3n) is 3.07. The van der Waals surface area contributed by atoms with Gasteiger partial charge in [0, 0.05) is 25.2 Å². The first kappa shape index (κ1) is 14.3. The van der Waals surface area contributed by atoms with Crippen molar-refractivity contribution in [2.45, 2.75) is 26.2 Å². The van der Waals surface area contributed by atoms with E-state index in [1.165, 1.54) is 0 Å². The summed E-state index contributed by atoms with van der Waals surface area (Å²) in [6.45, 7) is 9.05. The van der Waals surface area contributed by atoms with Crippen LogP contribution in [0.2, 0.25) is 0 Å². The maximum Gasteiger partial charge on any atom is 0.223 e. The minimum absolute atomic E-state index is 0.168. The van der Waals surface area contributed by atoms with Crippen LogP contribution in [-0.2, 0) is 4.79 Å². The number of likely N-dealkylation sites (N-methyl/N-ethyl adjacent to an activating group) is 1. The minimum atomic E-state index is 0.168. The molecule has 18 heavy (non-hydrogen) atoms. The molecule has 0 aliphatic carbocycles. The Labute approximate surface area is 109 Å². The average molecular weight is 246 g/mol. The number of nitrogens with two attached hydrogens (primary N) is 1. The van der Waals surface area contributed by atoms with Gasteiger partial charge in [-0.2, -0.15) is 0 Å². The molecular formula is C15H22N2O. The van der Waals surface area contributed by atoms with Crippen LogP contribution < -0.4 is 5.73 Å². The van der Waals surface area contributed by atoms with Gasteiger partial charge in [0.1, 0.15) is 0 Å². The fourth-order valence-corrected chi connectivity index (χ4v) is 1.90. The summed E-state index contributed by atoms with van der Waals surface area (Å²) in [6.07, 6.45) is 2.28. The Morgan fingerprint density at radius 1 is 1.44 bits per heavy atom. The standard InChI is InChI=1S/C15H22N2O/c1-4-10-17(5-2)15(18)11-12(3)13-6-8-14(16)9-7-13/h4,6-9,12H,1,5,10-11,16H2,2-3H3. The number of nitrogen functional groups attached to an aromatic ring is 1. The summed E-state index contributed by atoms with van der Waals surface area (Å²) in [5.74, 6) is 0.374. The van der Waals surface area contributed by atoms with Crippen LogP contribution in [0.1, 0.15) is 31.7 Å². The van der Waals surface area contributed by atoms with Gasteiger partial charge in [-0.25, -0.2) is 0 Å². The first-order valence-corrected chi connectivity index (χ1v) is 6.32. The fraction of sp³-hybridized carbons (Fsp3) is 0.400. The van der Waals surface area contributed by atoms with E-state index in [-0.39, 0.29) is 11.8 Å². The summed E-state index contributed by atoms with van der Waals surface area (Å²) < 4.78 is 0. The van der Waals surface area contributed by atoms with Crippen LogP contribution in [0.5, 0.6) is 0 Å². The number of hydrogen-bond acceptors (Lipinski definition) is 2. The number of hydrogen-bond donors (Lipinski definition) is 1. The molecule has 0 saturated carbocycles. The normalized spacial score (nSPS) is 11.9. The summed E-state index contributed by atoms with van der Waals surface area (Å²) in [5.41, 5.74) is 7.55. The van der Waals surface area contributed by atoms with E-state index in [9.17, 15) is 4.79 Å². The van der Waals surface area contributed by atoms with Gasteiger partial charge in [-0.3, -0.25) is 4.79 Å². The van der Waals surface area contributed by atoms with E-state index in [0.29, 0.717) is 13.0 Å². The van der Waals surface area contributed by atoms with Gasteiger partial charge in [0.15, 0.2) is 0 Å².